The Morgan fingerprint density at radius 3 is 2.39 bits per heavy atom. The van der Waals surface area contributed by atoms with E-state index in [-0.39, 0.29) is 37.6 Å². The van der Waals surface area contributed by atoms with Crippen LogP contribution in [0.4, 0.5) is 0 Å². The second kappa shape index (κ2) is 18.2. The van der Waals surface area contributed by atoms with Gasteiger partial charge in [0.05, 0.1) is 31.0 Å². The van der Waals surface area contributed by atoms with Crippen LogP contribution in [0.1, 0.15) is 80.5 Å². The first-order valence-electron chi connectivity index (χ1n) is 19.8. The summed E-state index contributed by atoms with van der Waals surface area (Å²) in [6.07, 6.45) is 3.95. The number of hydrogen-bond acceptors (Lipinski definition) is 13. The second-order valence-corrected chi connectivity index (χ2v) is 17.6. The predicted molar refractivity (Wildman–Crippen MR) is 214 cm³/mol. The van der Waals surface area contributed by atoms with E-state index in [1.54, 1.807) is 49.7 Å². The lowest BCUT2D eigenvalue weighted by Crippen LogP contribution is -2.59. The van der Waals surface area contributed by atoms with Gasteiger partial charge in [0.1, 0.15) is 29.5 Å². The van der Waals surface area contributed by atoms with Crippen LogP contribution >= 0.6 is 11.3 Å². The summed E-state index contributed by atoms with van der Waals surface area (Å²) in [5.74, 6) is -4.36. The number of carbonyl (C=O) groups excluding carboxylic acids is 3. The second-order valence-electron chi connectivity index (χ2n) is 16.6. The standard InChI is InChI=1S/C43H61N3O9S/c1-12-33-43(9)35(25(3)23-52-43)27(5)36(47)24(2)20-42(8,51-17-13-16-34-44-21-30(22-45-34)32-15-14-18-56-32)39(28(6)37(48)29(7)40(50)54-33)55-41-38(49)31(46(10)11)19-26(4)53-41/h13-16,18,21-22,24,26-29,31,33,35,38-39,41,49H,3,12,17,19-20,23H2,1-2,4-11H3/b16-13-/t24-,26-,27?,28+,29?,31+,33-,35+,38-,39-,41+,42-,43-/m1/s1. The zero-order valence-electron chi connectivity index (χ0n) is 34.6. The number of aliphatic hydroxyl groups is 1. The topological polar surface area (TPSA) is 147 Å². The third-order valence-corrected chi connectivity index (χ3v) is 13.1. The number of Topliss-reactive ketones (excluding diaryl/α,β-unsaturated/α-hetero) is 2. The normalized spacial score (nSPS) is 37.8. The SMILES string of the molecule is C=C1CO[C@]2(C)[C@@H](CC)OC(=O)C(C)C(=O)[C@H](C)[C@@H](O[C@@H]3O[C@H](C)C[C@H](N(C)C)[C@H]3O)[C@](C)(OC/C=C\c3ncc(-c4cccs4)cn3)C[C@@H](C)C(=O)C(C)[C@H]12. The average Bonchev–Trinajstić information content (AvgIpc) is 3.82. The summed E-state index contributed by atoms with van der Waals surface area (Å²) in [5, 5.41) is 13.6. The number of carbonyl (C=O) groups is 3. The summed E-state index contributed by atoms with van der Waals surface area (Å²) in [7, 11) is 3.77. The van der Waals surface area contributed by atoms with Crippen molar-refractivity contribution in [1.82, 2.24) is 14.9 Å². The zero-order chi connectivity index (χ0) is 41.1. The van der Waals surface area contributed by atoms with Crippen molar-refractivity contribution in [3.8, 4) is 10.4 Å². The van der Waals surface area contributed by atoms with E-state index in [2.05, 4.69) is 16.5 Å². The number of esters is 1. The van der Waals surface area contributed by atoms with Crippen molar-refractivity contribution in [3.05, 3.63) is 54.0 Å². The zero-order valence-corrected chi connectivity index (χ0v) is 35.4. The number of nitrogens with zero attached hydrogens (tertiary/aromatic N) is 3. The maximum atomic E-state index is 14.6. The lowest BCUT2D eigenvalue weighted by atomic mass is 9.69. The number of hydrogen-bond donors (Lipinski definition) is 1. The smallest absolute Gasteiger partial charge is 0.316 e. The maximum absolute atomic E-state index is 14.6. The van der Waals surface area contributed by atoms with Gasteiger partial charge < -0.3 is 33.7 Å². The van der Waals surface area contributed by atoms with Crippen molar-refractivity contribution in [2.75, 3.05) is 27.3 Å². The first-order chi connectivity index (χ1) is 26.4. The summed E-state index contributed by atoms with van der Waals surface area (Å²) in [5.41, 5.74) is -0.671. The Morgan fingerprint density at radius 1 is 1.07 bits per heavy atom. The van der Waals surface area contributed by atoms with Gasteiger partial charge in [0.15, 0.2) is 17.9 Å². The first-order valence-corrected chi connectivity index (χ1v) is 20.7. The van der Waals surface area contributed by atoms with Crippen LogP contribution in [0.15, 0.2) is 48.1 Å². The Balaban J connectivity index is 1.53. The van der Waals surface area contributed by atoms with Gasteiger partial charge in [-0.25, -0.2) is 9.97 Å². The number of ether oxygens (including phenoxy) is 5. The molecule has 56 heavy (non-hydrogen) atoms. The van der Waals surface area contributed by atoms with Gasteiger partial charge in [0, 0.05) is 52.5 Å². The average molecular weight is 796 g/mol. The van der Waals surface area contributed by atoms with Crippen LogP contribution in [0.25, 0.3) is 16.5 Å². The molecule has 0 aliphatic carbocycles. The van der Waals surface area contributed by atoms with Gasteiger partial charge in [-0.2, -0.15) is 0 Å². The summed E-state index contributed by atoms with van der Waals surface area (Å²) in [4.78, 5) is 54.9. The number of ketones is 2. The summed E-state index contributed by atoms with van der Waals surface area (Å²) in [6, 6.07) is 3.70. The fraction of sp³-hybridized carbons (Fsp3) is 0.651. The monoisotopic (exact) mass is 795 g/mol. The molecule has 0 spiro atoms. The van der Waals surface area contributed by atoms with E-state index in [9.17, 15) is 19.5 Å². The molecule has 13 atom stereocenters. The number of fused-ring (bicyclic) bond motifs is 1. The third kappa shape index (κ3) is 9.25. The highest BCUT2D eigenvalue weighted by atomic mass is 32.1. The molecular weight excluding hydrogens is 735 g/mol. The molecule has 3 aliphatic heterocycles. The van der Waals surface area contributed by atoms with Gasteiger partial charge in [-0.15, -0.1) is 11.3 Å². The van der Waals surface area contributed by atoms with E-state index in [0.29, 0.717) is 18.7 Å². The predicted octanol–water partition coefficient (Wildman–Crippen LogP) is 6.17. The number of thiophene rings is 1. The first kappa shape index (κ1) is 43.9. The summed E-state index contributed by atoms with van der Waals surface area (Å²) >= 11 is 1.61. The fourth-order valence-corrected chi connectivity index (χ4v) is 9.74. The van der Waals surface area contributed by atoms with Crippen molar-refractivity contribution in [2.24, 2.45) is 29.6 Å². The number of likely N-dealkylation sites (N-methyl/N-ethyl adjacent to an activating group) is 1. The van der Waals surface area contributed by atoms with Gasteiger partial charge in [-0.3, -0.25) is 14.4 Å². The van der Waals surface area contributed by atoms with Crippen LogP contribution in [-0.4, -0.2) is 113 Å². The Kier molecular flexibility index (Phi) is 14.3. The van der Waals surface area contributed by atoms with E-state index in [4.69, 9.17) is 23.7 Å². The molecule has 3 saturated heterocycles. The van der Waals surface area contributed by atoms with E-state index in [1.165, 1.54) is 0 Å². The number of rotatable bonds is 9. The number of aromatic nitrogens is 2. The molecule has 308 valence electrons. The maximum Gasteiger partial charge on any atom is 0.316 e. The van der Waals surface area contributed by atoms with Crippen molar-refractivity contribution < 1.29 is 43.2 Å². The van der Waals surface area contributed by atoms with Gasteiger partial charge in [-0.05, 0) is 84.1 Å². The minimum absolute atomic E-state index is 0.0444. The van der Waals surface area contributed by atoms with Crippen LogP contribution in [0, 0.1) is 29.6 Å². The molecule has 0 radical (unpaired) electrons. The Bertz CT molecular complexity index is 1720. The lowest BCUT2D eigenvalue weighted by Gasteiger charge is -2.47. The molecule has 13 heteroatoms. The molecule has 2 unspecified atom stereocenters. The highest BCUT2D eigenvalue weighted by Crippen LogP contribution is 2.46. The minimum atomic E-state index is -1.32. The van der Waals surface area contributed by atoms with Gasteiger partial charge in [0.25, 0.3) is 0 Å². The van der Waals surface area contributed by atoms with E-state index >= 15 is 0 Å². The molecule has 5 heterocycles. The van der Waals surface area contributed by atoms with Crippen LogP contribution in [0.3, 0.4) is 0 Å². The largest absolute Gasteiger partial charge is 0.459 e. The summed E-state index contributed by atoms with van der Waals surface area (Å²) in [6.45, 7) is 19.0. The van der Waals surface area contributed by atoms with Crippen molar-refractivity contribution >= 4 is 34.9 Å². The molecule has 0 bridgehead atoms. The van der Waals surface area contributed by atoms with Gasteiger partial charge >= 0.3 is 5.97 Å². The van der Waals surface area contributed by atoms with Crippen LogP contribution in [-0.2, 0) is 38.1 Å². The molecule has 0 aromatic carbocycles. The molecule has 1 N–H and O–H groups in total. The van der Waals surface area contributed by atoms with Gasteiger partial charge in [0.2, 0.25) is 0 Å². The molecule has 0 amide bonds. The number of cyclic esters (lactones) is 1. The Hall–Kier alpha value is -3.17. The molecule has 12 nitrogen and oxygen atoms in total. The third-order valence-electron chi connectivity index (χ3n) is 12.1. The fourth-order valence-electron chi connectivity index (χ4n) is 9.04. The molecule has 0 saturated carbocycles. The van der Waals surface area contributed by atoms with Crippen LogP contribution in [0.5, 0.6) is 0 Å². The summed E-state index contributed by atoms with van der Waals surface area (Å²) < 4.78 is 32.1. The van der Waals surface area contributed by atoms with Crippen molar-refractivity contribution in [1.29, 1.82) is 0 Å². The molecule has 2 aromatic heterocycles. The Morgan fingerprint density at radius 2 is 1.77 bits per heavy atom. The van der Waals surface area contributed by atoms with Gasteiger partial charge in [-0.1, -0.05) is 46.4 Å². The highest BCUT2D eigenvalue weighted by Gasteiger charge is 2.55. The van der Waals surface area contributed by atoms with Crippen LogP contribution < -0.4 is 0 Å². The Labute approximate surface area is 336 Å². The highest BCUT2D eigenvalue weighted by molar-refractivity contribution is 7.13. The van der Waals surface area contributed by atoms with E-state index in [0.717, 1.165) is 16.0 Å². The van der Waals surface area contributed by atoms with Crippen molar-refractivity contribution in [2.45, 2.75) is 123 Å². The van der Waals surface area contributed by atoms with E-state index in [1.807, 2.05) is 78.1 Å². The number of aliphatic hydroxyl groups excluding tert-OH is 1. The molecule has 3 aliphatic rings. The van der Waals surface area contributed by atoms with Crippen molar-refractivity contribution in [3.63, 3.8) is 0 Å². The molecule has 5 rings (SSSR count). The molecule has 2 aromatic rings. The lowest BCUT2D eigenvalue weighted by molar-refractivity contribution is -0.296. The minimum Gasteiger partial charge on any atom is -0.459 e. The van der Waals surface area contributed by atoms with E-state index < -0.39 is 77.1 Å². The quantitative estimate of drug-likeness (QED) is 0.176. The van der Waals surface area contributed by atoms with Crippen LogP contribution in [0.2, 0.25) is 0 Å². The molecular formula is C43H61N3O9S. The molecule has 3 fully saturated rings.